The van der Waals surface area contributed by atoms with Crippen molar-refractivity contribution in [3.63, 3.8) is 0 Å². The molecule has 0 heterocycles. The highest BCUT2D eigenvalue weighted by Crippen LogP contribution is 2.15. The van der Waals surface area contributed by atoms with Crippen molar-refractivity contribution in [1.82, 2.24) is 5.32 Å². The van der Waals surface area contributed by atoms with E-state index in [1.165, 1.54) is 6.92 Å². The quantitative estimate of drug-likeness (QED) is 0.693. The number of anilines is 1. The monoisotopic (exact) mass is 370 g/mol. The van der Waals surface area contributed by atoms with Crippen LogP contribution in [0.3, 0.4) is 0 Å². The molecular formula is C20H22N2O5. The van der Waals surface area contributed by atoms with Gasteiger partial charge in [-0.25, -0.2) is 0 Å². The maximum atomic E-state index is 12.1. The summed E-state index contributed by atoms with van der Waals surface area (Å²) < 4.78 is 10.1. The third kappa shape index (κ3) is 6.81. The van der Waals surface area contributed by atoms with Crippen molar-refractivity contribution in [3.8, 4) is 5.75 Å². The number of methoxy groups -OCH3 is 1. The average molecular weight is 370 g/mol. The fourth-order valence-corrected chi connectivity index (χ4v) is 2.23. The van der Waals surface area contributed by atoms with E-state index in [0.717, 1.165) is 5.56 Å². The first-order valence-electron chi connectivity index (χ1n) is 8.43. The molecule has 2 rings (SSSR count). The van der Waals surface area contributed by atoms with Crippen LogP contribution in [0.4, 0.5) is 5.69 Å². The number of esters is 1. The molecule has 27 heavy (non-hydrogen) atoms. The van der Waals surface area contributed by atoms with E-state index >= 15 is 0 Å². The summed E-state index contributed by atoms with van der Waals surface area (Å²) in [6.45, 7) is 1.16. The summed E-state index contributed by atoms with van der Waals surface area (Å²) in [6.07, 6.45) is -0.827. The number of ether oxygens (including phenoxy) is 2. The molecule has 0 saturated heterocycles. The van der Waals surface area contributed by atoms with Gasteiger partial charge in [0.2, 0.25) is 5.91 Å². The highest BCUT2D eigenvalue weighted by molar-refractivity contribution is 5.95. The molecule has 0 aromatic heterocycles. The largest absolute Gasteiger partial charge is 0.497 e. The SMILES string of the molecule is COc1ccc(NC(=O)[C@H](C)OC(=O)CNC(=O)Cc2ccccc2)cc1. The second kappa shape index (κ2) is 9.96. The smallest absolute Gasteiger partial charge is 0.326 e. The molecule has 2 amide bonds. The van der Waals surface area contributed by atoms with Gasteiger partial charge < -0.3 is 20.1 Å². The van der Waals surface area contributed by atoms with Gasteiger partial charge in [-0.05, 0) is 36.8 Å². The summed E-state index contributed by atoms with van der Waals surface area (Å²) in [7, 11) is 1.55. The van der Waals surface area contributed by atoms with E-state index in [1.807, 2.05) is 30.3 Å². The van der Waals surface area contributed by atoms with Crippen LogP contribution in [0.25, 0.3) is 0 Å². The maximum absolute atomic E-state index is 12.1. The lowest BCUT2D eigenvalue weighted by atomic mass is 10.1. The Morgan fingerprint density at radius 3 is 2.30 bits per heavy atom. The lowest BCUT2D eigenvalue weighted by Gasteiger charge is -2.14. The van der Waals surface area contributed by atoms with Gasteiger partial charge in [-0.15, -0.1) is 0 Å². The van der Waals surface area contributed by atoms with Gasteiger partial charge in [-0.1, -0.05) is 30.3 Å². The summed E-state index contributed by atoms with van der Waals surface area (Å²) >= 11 is 0. The summed E-state index contributed by atoms with van der Waals surface area (Å²) in [6, 6.07) is 15.9. The molecule has 0 radical (unpaired) electrons. The predicted octanol–water partition coefficient (Wildman–Crippen LogP) is 1.92. The van der Waals surface area contributed by atoms with Crippen molar-refractivity contribution < 1.29 is 23.9 Å². The molecule has 2 N–H and O–H groups in total. The van der Waals surface area contributed by atoms with E-state index in [4.69, 9.17) is 9.47 Å². The topological polar surface area (TPSA) is 93.7 Å². The van der Waals surface area contributed by atoms with E-state index in [2.05, 4.69) is 10.6 Å². The van der Waals surface area contributed by atoms with Crippen LogP contribution in [0.1, 0.15) is 12.5 Å². The van der Waals surface area contributed by atoms with Crippen molar-refractivity contribution in [2.45, 2.75) is 19.4 Å². The third-order valence-corrected chi connectivity index (χ3v) is 3.67. The van der Waals surface area contributed by atoms with Gasteiger partial charge in [0, 0.05) is 5.69 Å². The first-order valence-corrected chi connectivity index (χ1v) is 8.43. The van der Waals surface area contributed by atoms with Crippen LogP contribution in [0.2, 0.25) is 0 Å². The fraction of sp³-hybridized carbons (Fsp3) is 0.250. The molecule has 2 aromatic carbocycles. The fourth-order valence-electron chi connectivity index (χ4n) is 2.23. The van der Waals surface area contributed by atoms with Gasteiger partial charge >= 0.3 is 5.97 Å². The number of hydrogen-bond donors (Lipinski definition) is 2. The molecule has 2 aromatic rings. The van der Waals surface area contributed by atoms with E-state index in [0.29, 0.717) is 11.4 Å². The molecule has 0 fully saturated rings. The zero-order valence-electron chi connectivity index (χ0n) is 15.2. The summed E-state index contributed by atoms with van der Waals surface area (Å²) in [4.78, 5) is 35.7. The molecule has 0 aliphatic rings. The number of benzene rings is 2. The van der Waals surface area contributed by atoms with Crippen molar-refractivity contribution in [2.75, 3.05) is 19.0 Å². The molecular weight excluding hydrogens is 348 g/mol. The van der Waals surface area contributed by atoms with Crippen LogP contribution in [0.5, 0.6) is 5.75 Å². The Hall–Kier alpha value is -3.35. The summed E-state index contributed by atoms with van der Waals surface area (Å²) in [5.41, 5.74) is 1.40. The van der Waals surface area contributed by atoms with Crippen LogP contribution < -0.4 is 15.4 Å². The number of amides is 2. The van der Waals surface area contributed by atoms with Gasteiger partial charge in [-0.3, -0.25) is 14.4 Å². The minimum atomic E-state index is -0.995. The van der Waals surface area contributed by atoms with Gasteiger partial charge in [0.15, 0.2) is 6.10 Å². The lowest BCUT2D eigenvalue weighted by Crippen LogP contribution is -2.36. The standard InChI is InChI=1S/C20H22N2O5/c1-14(20(25)22-16-8-10-17(26-2)11-9-16)27-19(24)13-21-18(23)12-15-6-4-3-5-7-15/h3-11,14H,12-13H2,1-2H3,(H,21,23)(H,22,25)/t14-/m0/s1. The van der Waals surface area contributed by atoms with Crippen molar-refractivity contribution in [1.29, 1.82) is 0 Å². The molecule has 0 spiro atoms. The zero-order chi connectivity index (χ0) is 19.6. The van der Waals surface area contributed by atoms with Crippen molar-refractivity contribution in [2.24, 2.45) is 0 Å². The lowest BCUT2D eigenvalue weighted by molar-refractivity contribution is -0.152. The van der Waals surface area contributed by atoms with Crippen LogP contribution in [-0.2, 0) is 25.5 Å². The molecule has 0 bridgehead atoms. The Morgan fingerprint density at radius 2 is 1.67 bits per heavy atom. The number of nitrogens with one attached hydrogen (secondary N) is 2. The van der Waals surface area contributed by atoms with Crippen molar-refractivity contribution in [3.05, 3.63) is 60.2 Å². The van der Waals surface area contributed by atoms with Gasteiger partial charge in [0.1, 0.15) is 12.3 Å². The second-order valence-corrected chi connectivity index (χ2v) is 5.79. The molecule has 0 saturated carbocycles. The average Bonchev–Trinajstić information content (AvgIpc) is 2.67. The predicted molar refractivity (Wildman–Crippen MR) is 100 cm³/mol. The number of rotatable bonds is 8. The van der Waals surface area contributed by atoms with Crippen molar-refractivity contribution >= 4 is 23.5 Å². The Kier molecular flexibility index (Phi) is 7.37. The third-order valence-electron chi connectivity index (χ3n) is 3.67. The van der Waals surface area contributed by atoms with Gasteiger partial charge in [-0.2, -0.15) is 0 Å². The number of hydrogen-bond acceptors (Lipinski definition) is 5. The minimum absolute atomic E-state index is 0.168. The van der Waals surface area contributed by atoms with Crippen LogP contribution in [0.15, 0.2) is 54.6 Å². The Balaban J connectivity index is 1.73. The van der Waals surface area contributed by atoms with Gasteiger partial charge in [0.25, 0.3) is 5.91 Å². The number of carbonyl (C=O) groups excluding carboxylic acids is 3. The molecule has 0 aliphatic heterocycles. The summed E-state index contributed by atoms with van der Waals surface area (Å²) in [5, 5.41) is 5.12. The maximum Gasteiger partial charge on any atom is 0.326 e. The minimum Gasteiger partial charge on any atom is -0.497 e. The van der Waals surface area contributed by atoms with E-state index in [1.54, 1.807) is 31.4 Å². The molecule has 142 valence electrons. The first-order chi connectivity index (χ1) is 13.0. The second-order valence-electron chi connectivity index (χ2n) is 5.79. The highest BCUT2D eigenvalue weighted by atomic mass is 16.5. The Labute approximate surface area is 157 Å². The van der Waals surface area contributed by atoms with Crippen LogP contribution in [-0.4, -0.2) is 37.5 Å². The molecule has 7 heteroatoms. The molecule has 1 atom stereocenters. The first kappa shape index (κ1) is 20.0. The normalized spacial score (nSPS) is 11.2. The highest BCUT2D eigenvalue weighted by Gasteiger charge is 2.18. The number of carbonyl (C=O) groups is 3. The Bertz CT molecular complexity index is 775. The molecule has 0 unspecified atom stereocenters. The van der Waals surface area contributed by atoms with Crippen LogP contribution >= 0.6 is 0 Å². The zero-order valence-corrected chi connectivity index (χ0v) is 15.2. The molecule has 7 nitrogen and oxygen atoms in total. The Morgan fingerprint density at radius 1 is 1.00 bits per heavy atom. The van der Waals surface area contributed by atoms with Gasteiger partial charge in [0.05, 0.1) is 13.5 Å². The molecule has 0 aliphatic carbocycles. The van der Waals surface area contributed by atoms with E-state index < -0.39 is 18.0 Å². The van der Waals surface area contributed by atoms with Crippen LogP contribution in [0, 0.1) is 0 Å². The summed E-state index contributed by atoms with van der Waals surface area (Å²) in [5.74, 6) is -0.787. The van der Waals surface area contributed by atoms with E-state index in [-0.39, 0.29) is 18.9 Å². The van der Waals surface area contributed by atoms with E-state index in [9.17, 15) is 14.4 Å².